The maximum Gasteiger partial charge on any atom is 0.490 e. The number of carbonyl (C=O) groups excluding carboxylic acids is 2. The molecule has 0 spiro atoms. The van der Waals surface area contributed by atoms with E-state index < -0.39 is 23.9 Å². The summed E-state index contributed by atoms with van der Waals surface area (Å²) in [4.78, 5) is 20.8. The minimum Gasteiger partial charge on any atom is -0.462 e. The summed E-state index contributed by atoms with van der Waals surface area (Å²) in [6.45, 7) is 0. The summed E-state index contributed by atoms with van der Waals surface area (Å²) in [5.41, 5.74) is 12.2. The Labute approximate surface area is 155 Å². The second-order valence-electron chi connectivity index (χ2n) is 5.38. The molecule has 3 rings (SSSR count). The number of amides is 1. The maximum absolute atomic E-state index is 13.5. The number of alkyl halides is 3. The van der Waals surface area contributed by atoms with Gasteiger partial charge < -0.3 is 16.2 Å². The van der Waals surface area contributed by atoms with E-state index in [0.717, 1.165) is 5.39 Å². The predicted octanol–water partition coefficient (Wildman–Crippen LogP) is 2.57. The van der Waals surface area contributed by atoms with Crippen LogP contribution in [0.25, 0.3) is 16.6 Å². The van der Waals surface area contributed by atoms with Crippen molar-refractivity contribution in [1.29, 1.82) is 0 Å². The topological polar surface area (TPSA) is 113 Å². The standard InChI is InChI=1S/C14H11FN4O.C3H3F3O2/c15-11-6-9(4-5-12(11)16)19-7-8-2-1-3-10(14(17)20)13(8)18-19;1-8-2(7)3(4,5)6/h1-7H,16H2,(H2,17,20);1H3. The number of benzene rings is 2. The SMILES string of the molecule is COC(=O)C(F)(F)F.NC(=O)c1cccc2cn(-c3ccc(N)c(F)c3)nc12. The van der Waals surface area contributed by atoms with Crippen LogP contribution in [0.3, 0.4) is 0 Å². The fraction of sp³-hybridized carbons (Fsp3) is 0.118. The lowest BCUT2D eigenvalue weighted by molar-refractivity contribution is -0.196. The number of hydrogen-bond acceptors (Lipinski definition) is 5. The Bertz CT molecular complexity index is 1030. The van der Waals surface area contributed by atoms with Gasteiger partial charge in [-0.25, -0.2) is 13.9 Å². The Morgan fingerprint density at radius 1 is 1.18 bits per heavy atom. The molecule has 0 aliphatic rings. The molecule has 0 atom stereocenters. The number of aromatic nitrogens is 2. The van der Waals surface area contributed by atoms with E-state index in [1.165, 1.54) is 16.8 Å². The van der Waals surface area contributed by atoms with Gasteiger partial charge in [0.15, 0.2) is 0 Å². The van der Waals surface area contributed by atoms with E-state index in [9.17, 15) is 27.2 Å². The van der Waals surface area contributed by atoms with Crippen molar-refractivity contribution in [3.8, 4) is 5.69 Å². The summed E-state index contributed by atoms with van der Waals surface area (Å²) < 4.78 is 51.2. The number of esters is 1. The number of primary amides is 1. The first-order chi connectivity index (χ1) is 13.0. The van der Waals surface area contributed by atoms with Crippen LogP contribution in [0, 0.1) is 5.82 Å². The molecule has 0 aliphatic heterocycles. The highest BCUT2D eigenvalue weighted by atomic mass is 19.4. The van der Waals surface area contributed by atoms with Crippen LogP contribution < -0.4 is 11.5 Å². The average Bonchev–Trinajstić information content (AvgIpc) is 3.07. The number of halogens is 4. The van der Waals surface area contributed by atoms with E-state index in [4.69, 9.17) is 11.5 Å². The first kappa shape index (κ1) is 20.7. The van der Waals surface area contributed by atoms with E-state index in [2.05, 4.69) is 9.84 Å². The van der Waals surface area contributed by atoms with Gasteiger partial charge in [-0.3, -0.25) is 4.79 Å². The molecule has 0 fully saturated rings. The molecule has 1 amide bonds. The van der Waals surface area contributed by atoms with Crippen molar-refractivity contribution in [2.24, 2.45) is 5.73 Å². The molecule has 0 unspecified atom stereocenters. The van der Waals surface area contributed by atoms with Crippen molar-refractivity contribution < 1.29 is 31.9 Å². The lowest BCUT2D eigenvalue weighted by Gasteiger charge is -2.02. The van der Waals surface area contributed by atoms with E-state index >= 15 is 0 Å². The zero-order valence-electron chi connectivity index (χ0n) is 14.3. The van der Waals surface area contributed by atoms with Gasteiger partial charge in [-0.05, 0) is 18.2 Å². The fourth-order valence-electron chi connectivity index (χ4n) is 2.15. The van der Waals surface area contributed by atoms with Crippen LogP contribution in [-0.4, -0.2) is 34.9 Å². The van der Waals surface area contributed by atoms with Gasteiger partial charge in [-0.1, -0.05) is 12.1 Å². The number of nitrogens with zero attached hydrogens (tertiary/aromatic N) is 2. The number of rotatable bonds is 2. The number of ether oxygens (including phenoxy) is 1. The molecule has 1 aromatic heterocycles. The molecule has 0 aliphatic carbocycles. The number of nitrogens with two attached hydrogens (primary N) is 2. The monoisotopic (exact) mass is 398 g/mol. The Balaban J connectivity index is 0.000000300. The van der Waals surface area contributed by atoms with Crippen LogP contribution in [0.4, 0.5) is 23.2 Å². The van der Waals surface area contributed by atoms with Crippen LogP contribution >= 0.6 is 0 Å². The van der Waals surface area contributed by atoms with Crippen LogP contribution in [-0.2, 0) is 9.53 Å². The number of methoxy groups -OCH3 is 1. The molecular weight excluding hydrogens is 384 g/mol. The maximum atomic E-state index is 13.5. The zero-order valence-corrected chi connectivity index (χ0v) is 14.3. The van der Waals surface area contributed by atoms with Gasteiger partial charge in [0.25, 0.3) is 5.91 Å². The number of fused-ring (bicyclic) bond motifs is 1. The molecule has 148 valence electrons. The Hall–Kier alpha value is -3.63. The molecule has 28 heavy (non-hydrogen) atoms. The summed E-state index contributed by atoms with van der Waals surface area (Å²) in [5, 5.41) is 5.03. The highest BCUT2D eigenvalue weighted by Crippen LogP contribution is 2.21. The zero-order chi connectivity index (χ0) is 21.1. The van der Waals surface area contributed by atoms with Gasteiger partial charge in [0, 0.05) is 17.6 Å². The third-order valence-electron chi connectivity index (χ3n) is 3.47. The molecule has 0 bridgehead atoms. The van der Waals surface area contributed by atoms with Crippen molar-refractivity contribution >= 4 is 28.5 Å². The minimum absolute atomic E-state index is 0.0725. The highest BCUT2D eigenvalue weighted by molar-refractivity contribution is 6.04. The number of carbonyl (C=O) groups is 2. The van der Waals surface area contributed by atoms with Gasteiger partial charge in [-0.15, -0.1) is 0 Å². The normalized spacial score (nSPS) is 10.9. The Kier molecular flexibility index (Phi) is 5.87. The largest absolute Gasteiger partial charge is 0.490 e. The van der Waals surface area contributed by atoms with Gasteiger partial charge in [0.2, 0.25) is 0 Å². The van der Waals surface area contributed by atoms with E-state index in [-0.39, 0.29) is 5.69 Å². The molecule has 2 aromatic carbocycles. The first-order valence-electron chi connectivity index (χ1n) is 7.53. The second kappa shape index (κ2) is 7.94. The van der Waals surface area contributed by atoms with E-state index in [0.29, 0.717) is 23.9 Å². The number of nitrogen functional groups attached to an aromatic ring is 1. The molecule has 0 saturated carbocycles. The lowest BCUT2D eigenvalue weighted by atomic mass is 10.1. The van der Waals surface area contributed by atoms with Crippen LogP contribution in [0.15, 0.2) is 42.6 Å². The average molecular weight is 398 g/mol. The summed E-state index contributed by atoms with van der Waals surface area (Å²) in [7, 11) is 0.676. The van der Waals surface area contributed by atoms with E-state index in [1.54, 1.807) is 30.5 Å². The summed E-state index contributed by atoms with van der Waals surface area (Å²) in [6, 6.07) is 9.52. The van der Waals surface area contributed by atoms with Gasteiger partial charge in [0.1, 0.15) is 11.3 Å². The van der Waals surface area contributed by atoms with E-state index in [1.807, 2.05) is 0 Å². The van der Waals surface area contributed by atoms with Gasteiger partial charge in [0.05, 0.1) is 24.0 Å². The van der Waals surface area contributed by atoms with Gasteiger partial charge in [-0.2, -0.15) is 18.3 Å². The van der Waals surface area contributed by atoms with Crippen LogP contribution in [0.1, 0.15) is 10.4 Å². The quantitative estimate of drug-likeness (QED) is 0.391. The molecule has 1 heterocycles. The molecule has 0 saturated heterocycles. The molecule has 11 heteroatoms. The van der Waals surface area contributed by atoms with Crippen molar-refractivity contribution in [2.45, 2.75) is 6.18 Å². The first-order valence-corrected chi connectivity index (χ1v) is 7.53. The smallest absolute Gasteiger partial charge is 0.462 e. The summed E-state index contributed by atoms with van der Waals surface area (Å²) in [6.07, 6.45) is -3.15. The summed E-state index contributed by atoms with van der Waals surface area (Å²) in [5.74, 6) is -3.24. The van der Waals surface area contributed by atoms with Gasteiger partial charge >= 0.3 is 12.1 Å². The third kappa shape index (κ3) is 4.55. The second-order valence-corrected chi connectivity index (χ2v) is 5.38. The predicted molar refractivity (Wildman–Crippen MR) is 92.0 cm³/mol. The summed E-state index contributed by atoms with van der Waals surface area (Å²) >= 11 is 0. The highest BCUT2D eigenvalue weighted by Gasteiger charge is 2.40. The molecule has 0 radical (unpaired) electrons. The van der Waals surface area contributed by atoms with Crippen molar-refractivity contribution in [2.75, 3.05) is 12.8 Å². The Morgan fingerprint density at radius 2 is 1.86 bits per heavy atom. The van der Waals surface area contributed by atoms with Crippen molar-refractivity contribution in [3.05, 3.63) is 54.0 Å². The van der Waals surface area contributed by atoms with Crippen molar-refractivity contribution in [1.82, 2.24) is 9.78 Å². The minimum atomic E-state index is -4.85. The molecule has 7 nitrogen and oxygen atoms in total. The molecule has 4 N–H and O–H groups in total. The lowest BCUT2D eigenvalue weighted by Crippen LogP contribution is -2.23. The van der Waals surface area contributed by atoms with Crippen molar-refractivity contribution in [3.63, 3.8) is 0 Å². The number of anilines is 1. The number of hydrogen-bond donors (Lipinski definition) is 2. The Morgan fingerprint density at radius 3 is 2.36 bits per heavy atom. The van der Waals surface area contributed by atoms with Crippen LogP contribution in [0.2, 0.25) is 0 Å². The molecular formula is C17H14F4N4O3. The third-order valence-corrected chi connectivity index (χ3v) is 3.47. The fourth-order valence-corrected chi connectivity index (χ4v) is 2.15. The molecule has 3 aromatic rings. The van der Waals surface area contributed by atoms with Crippen LogP contribution in [0.5, 0.6) is 0 Å².